The van der Waals surface area contributed by atoms with Gasteiger partial charge in [0.2, 0.25) is 0 Å². The number of hydrogen-bond acceptors (Lipinski definition) is 4. The Kier molecular flexibility index (Phi) is 7.25. The first-order chi connectivity index (χ1) is 14.5. The van der Waals surface area contributed by atoms with Crippen LogP contribution in [0.3, 0.4) is 0 Å². The quantitative estimate of drug-likeness (QED) is 0.444. The second-order valence-corrected chi connectivity index (χ2v) is 7.57. The van der Waals surface area contributed by atoms with Gasteiger partial charge in [0.15, 0.2) is 18.1 Å². The number of amides is 1. The number of carbonyl (C=O) groups is 1. The Morgan fingerprint density at radius 3 is 2.60 bits per heavy atom. The van der Waals surface area contributed by atoms with E-state index in [1.54, 1.807) is 13.3 Å². The van der Waals surface area contributed by atoms with Crippen LogP contribution in [0.25, 0.3) is 0 Å². The van der Waals surface area contributed by atoms with Gasteiger partial charge in [-0.1, -0.05) is 30.3 Å². The summed E-state index contributed by atoms with van der Waals surface area (Å²) in [6.07, 6.45) is 1.78. The molecule has 3 rings (SSSR count). The first-order valence-corrected chi connectivity index (χ1v) is 10.2. The highest BCUT2D eigenvalue weighted by molar-refractivity contribution is 9.10. The molecule has 0 atom stereocenters. The van der Waals surface area contributed by atoms with Crippen molar-refractivity contribution < 1.29 is 14.3 Å². The minimum Gasteiger partial charge on any atom is -0.493 e. The standard InChI is InChI=1S/C24H23BrN2O3/c1-16-8-7-11-21(17(16)2)26-14-18-12-20(25)24(22(13-18)29-3)30-15-23(28)27-19-9-5-4-6-10-19/h4-14H,15H2,1-3H3,(H,27,28). The molecule has 3 aromatic carbocycles. The normalized spacial score (nSPS) is 10.8. The monoisotopic (exact) mass is 466 g/mol. The minimum atomic E-state index is -0.254. The predicted molar refractivity (Wildman–Crippen MR) is 124 cm³/mol. The molecule has 0 saturated carbocycles. The van der Waals surface area contributed by atoms with Gasteiger partial charge < -0.3 is 14.8 Å². The van der Waals surface area contributed by atoms with Gasteiger partial charge in [0, 0.05) is 11.9 Å². The van der Waals surface area contributed by atoms with Crippen LogP contribution in [0.2, 0.25) is 0 Å². The molecule has 0 unspecified atom stereocenters. The third-order valence-corrected chi connectivity index (χ3v) is 5.17. The molecule has 6 heteroatoms. The summed E-state index contributed by atoms with van der Waals surface area (Å²) < 4.78 is 11.9. The summed E-state index contributed by atoms with van der Waals surface area (Å²) in [6, 6.07) is 19.0. The molecule has 0 radical (unpaired) electrons. The molecule has 0 aliphatic rings. The lowest BCUT2D eigenvalue weighted by Gasteiger charge is -2.13. The maximum atomic E-state index is 12.2. The molecule has 30 heavy (non-hydrogen) atoms. The Labute approximate surface area is 184 Å². The van der Waals surface area contributed by atoms with E-state index in [2.05, 4.69) is 46.2 Å². The molecule has 3 aromatic rings. The fourth-order valence-electron chi connectivity index (χ4n) is 2.83. The van der Waals surface area contributed by atoms with Crippen molar-refractivity contribution in [3.63, 3.8) is 0 Å². The van der Waals surface area contributed by atoms with E-state index in [4.69, 9.17) is 9.47 Å². The highest BCUT2D eigenvalue weighted by Crippen LogP contribution is 2.36. The van der Waals surface area contributed by atoms with Crippen molar-refractivity contribution in [3.05, 3.63) is 81.8 Å². The third kappa shape index (κ3) is 5.48. The van der Waals surface area contributed by atoms with Crippen LogP contribution in [-0.2, 0) is 4.79 Å². The van der Waals surface area contributed by atoms with Crippen LogP contribution in [-0.4, -0.2) is 25.8 Å². The van der Waals surface area contributed by atoms with Gasteiger partial charge >= 0.3 is 0 Å². The van der Waals surface area contributed by atoms with Gasteiger partial charge in [-0.2, -0.15) is 0 Å². The average molecular weight is 467 g/mol. The second-order valence-electron chi connectivity index (χ2n) is 6.71. The zero-order valence-electron chi connectivity index (χ0n) is 17.1. The molecule has 0 aromatic heterocycles. The first kappa shape index (κ1) is 21.6. The van der Waals surface area contributed by atoms with Gasteiger partial charge in [-0.15, -0.1) is 0 Å². The van der Waals surface area contributed by atoms with Gasteiger partial charge in [0.05, 0.1) is 17.3 Å². The molecule has 5 nitrogen and oxygen atoms in total. The Morgan fingerprint density at radius 1 is 1.10 bits per heavy atom. The second kappa shape index (κ2) is 10.1. The summed E-state index contributed by atoms with van der Waals surface area (Å²) in [7, 11) is 1.56. The minimum absolute atomic E-state index is 0.139. The number of nitrogens with one attached hydrogen (secondary N) is 1. The number of aryl methyl sites for hydroxylation is 1. The lowest BCUT2D eigenvalue weighted by atomic mass is 10.1. The van der Waals surface area contributed by atoms with Crippen LogP contribution in [0.4, 0.5) is 11.4 Å². The van der Waals surface area contributed by atoms with Crippen LogP contribution >= 0.6 is 15.9 Å². The van der Waals surface area contributed by atoms with Crippen molar-refractivity contribution >= 4 is 39.4 Å². The van der Waals surface area contributed by atoms with E-state index in [0.29, 0.717) is 16.0 Å². The van der Waals surface area contributed by atoms with Gasteiger partial charge in [-0.3, -0.25) is 9.79 Å². The fourth-order valence-corrected chi connectivity index (χ4v) is 3.40. The smallest absolute Gasteiger partial charge is 0.262 e. The van der Waals surface area contributed by atoms with Crippen LogP contribution in [0.15, 0.2) is 70.1 Å². The van der Waals surface area contributed by atoms with E-state index in [-0.39, 0.29) is 12.5 Å². The van der Waals surface area contributed by atoms with E-state index in [1.807, 2.05) is 54.6 Å². The number of carbonyl (C=O) groups excluding carboxylic acids is 1. The Morgan fingerprint density at radius 2 is 1.87 bits per heavy atom. The van der Waals surface area contributed by atoms with Gasteiger partial charge in [-0.25, -0.2) is 0 Å². The number of nitrogens with zero attached hydrogens (tertiary/aromatic N) is 1. The zero-order chi connectivity index (χ0) is 21.5. The summed E-state index contributed by atoms with van der Waals surface area (Å²) in [5.74, 6) is 0.722. The van der Waals surface area contributed by atoms with E-state index in [9.17, 15) is 4.79 Å². The van der Waals surface area contributed by atoms with E-state index < -0.39 is 0 Å². The van der Waals surface area contributed by atoms with Crippen LogP contribution in [0.1, 0.15) is 16.7 Å². The summed E-state index contributed by atoms with van der Waals surface area (Å²) in [4.78, 5) is 16.8. The molecule has 154 valence electrons. The predicted octanol–water partition coefficient (Wildman–Crippen LogP) is 5.84. The molecular formula is C24H23BrN2O3. The molecule has 0 aliphatic carbocycles. The van der Waals surface area contributed by atoms with E-state index >= 15 is 0 Å². The van der Waals surface area contributed by atoms with Crippen molar-refractivity contribution in [1.29, 1.82) is 0 Å². The van der Waals surface area contributed by atoms with Crippen molar-refractivity contribution in [2.45, 2.75) is 13.8 Å². The molecule has 0 aliphatic heterocycles. The lowest BCUT2D eigenvalue weighted by molar-refractivity contribution is -0.118. The Balaban J connectivity index is 1.73. The number of para-hydroxylation sites is 1. The maximum Gasteiger partial charge on any atom is 0.262 e. The number of hydrogen-bond donors (Lipinski definition) is 1. The van der Waals surface area contributed by atoms with Crippen molar-refractivity contribution in [1.82, 2.24) is 0 Å². The third-order valence-electron chi connectivity index (χ3n) is 4.59. The molecule has 0 saturated heterocycles. The van der Waals surface area contributed by atoms with Crippen molar-refractivity contribution in [2.75, 3.05) is 19.0 Å². The summed E-state index contributed by atoms with van der Waals surface area (Å²) in [5.41, 5.74) is 4.82. The Hall–Kier alpha value is -3.12. The number of ether oxygens (including phenoxy) is 2. The highest BCUT2D eigenvalue weighted by atomic mass is 79.9. The van der Waals surface area contributed by atoms with E-state index in [0.717, 1.165) is 22.5 Å². The van der Waals surface area contributed by atoms with Gasteiger partial charge in [0.25, 0.3) is 5.91 Å². The Bertz CT molecular complexity index is 1070. The topological polar surface area (TPSA) is 59.9 Å². The number of benzene rings is 3. The largest absolute Gasteiger partial charge is 0.493 e. The van der Waals surface area contributed by atoms with Gasteiger partial charge in [0.1, 0.15) is 0 Å². The van der Waals surface area contributed by atoms with Crippen LogP contribution in [0, 0.1) is 13.8 Å². The number of aliphatic imine (C=N–C) groups is 1. The summed E-state index contributed by atoms with van der Waals surface area (Å²) in [5, 5.41) is 2.79. The van der Waals surface area contributed by atoms with Crippen LogP contribution < -0.4 is 14.8 Å². The molecule has 1 N–H and O–H groups in total. The number of methoxy groups -OCH3 is 1. The SMILES string of the molecule is COc1cc(C=Nc2cccc(C)c2C)cc(Br)c1OCC(=O)Nc1ccccc1. The van der Waals surface area contributed by atoms with E-state index in [1.165, 1.54) is 5.56 Å². The fraction of sp³-hybridized carbons (Fsp3) is 0.167. The maximum absolute atomic E-state index is 12.2. The molecular weight excluding hydrogens is 444 g/mol. The average Bonchev–Trinajstić information content (AvgIpc) is 2.74. The van der Waals surface area contributed by atoms with Crippen molar-refractivity contribution in [3.8, 4) is 11.5 Å². The molecule has 0 heterocycles. The number of anilines is 1. The first-order valence-electron chi connectivity index (χ1n) is 9.43. The zero-order valence-corrected chi connectivity index (χ0v) is 18.7. The molecule has 1 amide bonds. The summed E-state index contributed by atoms with van der Waals surface area (Å²) in [6.45, 7) is 3.98. The van der Waals surface area contributed by atoms with Crippen molar-refractivity contribution in [2.24, 2.45) is 4.99 Å². The highest BCUT2D eigenvalue weighted by Gasteiger charge is 2.13. The number of rotatable bonds is 7. The number of halogens is 1. The molecule has 0 bridgehead atoms. The lowest BCUT2D eigenvalue weighted by Crippen LogP contribution is -2.20. The molecule has 0 fully saturated rings. The van der Waals surface area contributed by atoms with Gasteiger partial charge in [-0.05, 0) is 76.8 Å². The summed E-state index contributed by atoms with van der Waals surface area (Å²) >= 11 is 3.51. The molecule has 0 spiro atoms. The van der Waals surface area contributed by atoms with Crippen LogP contribution in [0.5, 0.6) is 11.5 Å².